The lowest BCUT2D eigenvalue weighted by atomic mass is 9.98. The maximum Gasteiger partial charge on any atom is 0.00746 e. The first kappa shape index (κ1) is 9.01. The van der Waals surface area contributed by atoms with Crippen LogP contribution in [-0.2, 0) is 0 Å². The summed E-state index contributed by atoms with van der Waals surface area (Å²) in [4.78, 5) is 0. The van der Waals surface area contributed by atoms with Gasteiger partial charge in [-0.3, -0.25) is 0 Å². The molecule has 0 bridgehead atoms. The van der Waals surface area contributed by atoms with Crippen LogP contribution < -0.4 is 11.1 Å². The minimum atomic E-state index is 0.765. The van der Waals surface area contributed by atoms with E-state index in [4.69, 9.17) is 5.73 Å². The Morgan fingerprint density at radius 2 is 2.27 bits per heavy atom. The molecule has 0 radical (unpaired) electrons. The van der Waals surface area contributed by atoms with Gasteiger partial charge >= 0.3 is 0 Å². The highest BCUT2D eigenvalue weighted by atomic mass is 14.9. The van der Waals surface area contributed by atoms with Gasteiger partial charge in [0.15, 0.2) is 0 Å². The predicted octanol–water partition coefficient (Wildman–Crippen LogP) is 0.971. The van der Waals surface area contributed by atoms with Gasteiger partial charge in [0, 0.05) is 13.1 Å². The summed E-state index contributed by atoms with van der Waals surface area (Å²) in [7, 11) is 0. The van der Waals surface area contributed by atoms with Gasteiger partial charge in [-0.1, -0.05) is 19.8 Å². The average Bonchev–Trinajstić information content (AvgIpc) is 2.37. The summed E-state index contributed by atoms with van der Waals surface area (Å²) in [6.07, 6.45) is 4.27. The van der Waals surface area contributed by atoms with E-state index in [0.29, 0.717) is 0 Å². The van der Waals surface area contributed by atoms with Crippen molar-refractivity contribution in [2.75, 3.05) is 19.6 Å². The van der Waals surface area contributed by atoms with Crippen LogP contribution in [0.4, 0.5) is 0 Å². The molecule has 0 aliphatic heterocycles. The molecule has 0 aromatic rings. The average molecular weight is 156 g/mol. The highest BCUT2D eigenvalue weighted by molar-refractivity contribution is 4.75. The van der Waals surface area contributed by atoms with Gasteiger partial charge in [0.25, 0.3) is 0 Å². The van der Waals surface area contributed by atoms with E-state index < -0.39 is 0 Å². The molecule has 0 aromatic heterocycles. The fourth-order valence-corrected chi connectivity index (χ4v) is 1.92. The van der Waals surface area contributed by atoms with Crippen molar-refractivity contribution in [1.29, 1.82) is 0 Å². The minimum absolute atomic E-state index is 0.765. The SMILES string of the molecule is CC1CCCC1CNCCN. The first-order valence-electron chi connectivity index (χ1n) is 4.75. The van der Waals surface area contributed by atoms with Crippen LogP contribution in [0.2, 0.25) is 0 Å². The third-order valence-electron chi connectivity index (χ3n) is 2.77. The molecule has 0 heterocycles. The van der Waals surface area contributed by atoms with Gasteiger partial charge in [-0.25, -0.2) is 0 Å². The van der Waals surface area contributed by atoms with E-state index in [-0.39, 0.29) is 0 Å². The third-order valence-corrected chi connectivity index (χ3v) is 2.77. The topological polar surface area (TPSA) is 38.0 Å². The smallest absolute Gasteiger partial charge is 0.00746 e. The maximum absolute atomic E-state index is 5.39. The molecule has 0 aromatic carbocycles. The molecular weight excluding hydrogens is 136 g/mol. The zero-order chi connectivity index (χ0) is 8.10. The van der Waals surface area contributed by atoms with Gasteiger partial charge < -0.3 is 11.1 Å². The van der Waals surface area contributed by atoms with E-state index in [1.807, 2.05) is 0 Å². The highest BCUT2D eigenvalue weighted by Gasteiger charge is 2.22. The second kappa shape index (κ2) is 4.73. The molecule has 0 amide bonds. The van der Waals surface area contributed by atoms with Crippen molar-refractivity contribution in [3.05, 3.63) is 0 Å². The van der Waals surface area contributed by atoms with Crippen LogP contribution >= 0.6 is 0 Å². The highest BCUT2D eigenvalue weighted by Crippen LogP contribution is 2.30. The fourth-order valence-electron chi connectivity index (χ4n) is 1.92. The number of rotatable bonds is 4. The van der Waals surface area contributed by atoms with Gasteiger partial charge in [0.05, 0.1) is 0 Å². The summed E-state index contributed by atoms with van der Waals surface area (Å²) >= 11 is 0. The van der Waals surface area contributed by atoms with Gasteiger partial charge in [-0.15, -0.1) is 0 Å². The van der Waals surface area contributed by atoms with Crippen molar-refractivity contribution < 1.29 is 0 Å². The Bertz CT molecular complexity index is 104. The van der Waals surface area contributed by atoms with E-state index in [9.17, 15) is 0 Å². The van der Waals surface area contributed by atoms with Crippen molar-refractivity contribution in [3.63, 3.8) is 0 Å². The lowest BCUT2D eigenvalue weighted by Crippen LogP contribution is -2.28. The Labute approximate surface area is 69.5 Å². The Morgan fingerprint density at radius 1 is 1.45 bits per heavy atom. The number of nitrogens with one attached hydrogen (secondary N) is 1. The second-order valence-electron chi connectivity index (χ2n) is 3.66. The zero-order valence-corrected chi connectivity index (χ0v) is 7.47. The summed E-state index contributed by atoms with van der Waals surface area (Å²) in [5, 5.41) is 3.38. The van der Waals surface area contributed by atoms with E-state index in [1.54, 1.807) is 0 Å². The van der Waals surface area contributed by atoms with Crippen molar-refractivity contribution in [2.45, 2.75) is 26.2 Å². The molecule has 1 fully saturated rings. The largest absolute Gasteiger partial charge is 0.329 e. The summed E-state index contributed by atoms with van der Waals surface area (Å²) in [6.45, 7) is 5.28. The molecule has 1 aliphatic carbocycles. The molecule has 1 aliphatic rings. The van der Waals surface area contributed by atoms with Gasteiger partial charge in [-0.2, -0.15) is 0 Å². The van der Waals surface area contributed by atoms with Crippen LogP contribution in [-0.4, -0.2) is 19.6 Å². The number of hydrogen-bond acceptors (Lipinski definition) is 2. The Kier molecular flexibility index (Phi) is 3.87. The predicted molar refractivity (Wildman–Crippen MR) is 48.4 cm³/mol. The molecule has 2 unspecified atom stereocenters. The second-order valence-corrected chi connectivity index (χ2v) is 3.66. The van der Waals surface area contributed by atoms with Crippen LogP contribution in [0.1, 0.15) is 26.2 Å². The molecule has 0 spiro atoms. The van der Waals surface area contributed by atoms with Crippen LogP contribution in [0, 0.1) is 11.8 Å². The Hall–Kier alpha value is -0.0800. The molecule has 2 atom stereocenters. The number of hydrogen-bond donors (Lipinski definition) is 2. The summed E-state index contributed by atoms with van der Waals surface area (Å²) < 4.78 is 0. The standard InChI is InChI=1S/C9H20N2/c1-8-3-2-4-9(8)7-11-6-5-10/h8-9,11H,2-7,10H2,1H3. The van der Waals surface area contributed by atoms with Crippen LogP contribution in [0.25, 0.3) is 0 Å². The molecule has 0 saturated heterocycles. The van der Waals surface area contributed by atoms with Gasteiger partial charge in [-0.05, 0) is 24.8 Å². The van der Waals surface area contributed by atoms with E-state index in [2.05, 4.69) is 12.2 Å². The Balaban J connectivity index is 2.05. The number of nitrogens with two attached hydrogens (primary N) is 1. The molecular formula is C9H20N2. The lowest BCUT2D eigenvalue weighted by Gasteiger charge is -2.15. The summed E-state index contributed by atoms with van der Waals surface area (Å²) in [5.41, 5.74) is 5.39. The molecule has 11 heavy (non-hydrogen) atoms. The van der Waals surface area contributed by atoms with Crippen LogP contribution in [0.15, 0.2) is 0 Å². The zero-order valence-electron chi connectivity index (χ0n) is 7.47. The molecule has 1 saturated carbocycles. The van der Waals surface area contributed by atoms with Crippen molar-refractivity contribution >= 4 is 0 Å². The van der Waals surface area contributed by atoms with E-state index >= 15 is 0 Å². The van der Waals surface area contributed by atoms with E-state index in [1.165, 1.54) is 25.8 Å². The van der Waals surface area contributed by atoms with Gasteiger partial charge in [0.1, 0.15) is 0 Å². The van der Waals surface area contributed by atoms with E-state index in [0.717, 1.165) is 24.9 Å². The third kappa shape index (κ3) is 2.80. The quantitative estimate of drug-likeness (QED) is 0.595. The van der Waals surface area contributed by atoms with Crippen LogP contribution in [0.3, 0.4) is 0 Å². The van der Waals surface area contributed by atoms with Crippen molar-refractivity contribution in [2.24, 2.45) is 17.6 Å². The maximum atomic E-state index is 5.39. The van der Waals surface area contributed by atoms with Gasteiger partial charge in [0.2, 0.25) is 0 Å². The van der Waals surface area contributed by atoms with Crippen molar-refractivity contribution in [3.8, 4) is 0 Å². The van der Waals surface area contributed by atoms with Crippen LogP contribution in [0.5, 0.6) is 0 Å². The molecule has 66 valence electrons. The minimum Gasteiger partial charge on any atom is -0.329 e. The summed E-state index contributed by atoms with van der Waals surface area (Å²) in [6, 6.07) is 0. The molecule has 2 nitrogen and oxygen atoms in total. The molecule has 3 N–H and O–H groups in total. The monoisotopic (exact) mass is 156 g/mol. The molecule has 1 rings (SSSR count). The Morgan fingerprint density at radius 3 is 2.82 bits per heavy atom. The normalized spacial score (nSPS) is 31.1. The fraction of sp³-hybridized carbons (Fsp3) is 1.00. The first-order chi connectivity index (χ1) is 5.34. The summed E-state index contributed by atoms with van der Waals surface area (Å²) in [5.74, 6) is 1.85. The lowest BCUT2D eigenvalue weighted by molar-refractivity contribution is 0.395. The first-order valence-corrected chi connectivity index (χ1v) is 4.75. The van der Waals surface area contributed by atoms with Crippen molar-refractivity contribution in [1.82, 2.24) is 5.32 Å². The molecule has 2 heteroatoms.